The third-order valence-electron chi connectivity index (χ3n) is 3.98. The quantitative estimate of drug-likeness (QED) is 0.693. The van der Waals surface area contributed by atoms with Gasteiger partial charge in [0, 0.05) is 24.5 Å². The van der Waals surface area contributed by atoms with E-state index in [2.05, 4.69) is 5.32 Å². The second kappa shape index (κ2) is 5.72. The van der Waals surface area contributed by atoms with Crippen LogP contribution in [0.25, 0.3) is 0 Å². The van der Waals surface area contributed by atoms with E-state index in [1.54, 1.807) is 55.1 Å². The number of nitrogens with zero attached hydrogens (tertiary/aromatic N) is 1. The number of ether oxygens (including phenoxy) is 1. The number of rotatable bonds is 4. The van der Waals surface area contributed by atoms with Gasteiger partial charge in [0.15, 0.2) is 12.4 Å². The minimum Gasteiger partial charge on any atom is -0.453 e. The highest BCUT2D eigenvalue weighted by Gasteiger charge is 2.27. The van der Waals surface area contributed by atoms with Gasteiger partial charge >= 0.3 is 5.97 Å². The van der Waals surface area contributed by atoms with Crippen molar-refractivity contribution < 1.29 is 19.1 Å². The van der Waals surface area contributed by atoms with Gasteiger partial charge in [-0.2, -0.15) is 0 Å². The zero-order valence-corrected chi connectivity index (χ0v) is 12.8. The first-order valence-electron chi connectivity index (χ1n) is 7.24. The van der Waals surface area contributed by atoms with Crippen LogP contribution < -0.4 is 5.32 Å². The summed E-state index contributed by atoms with van der Waals surface area (Å²) in [6.45, 7) is 1.45. The van der Waals surface area contributed by atoms with Gasteiger partial charge in [-0.25, -0.2) is 4.79 Å². The van der Waals surface area contributed by atoms with Crippen LogP contribution in [0.1, 0.15) is 39.3 Å². The van der Waals surface area contributed by atoms with Gasteiger partial charge < -0.3 is 14.6 Å². The van der Waals surface area contributed by atoms with Gasteiger partial charge in [-0.05, 0) is 42.8 Å². The van der Waals surface area contributed by atoms with Gasteiger partial charge in [0.05, 0.1) is 5.92 Å². The number of hydrogen-bond acceptors (Lipinski definition) is 4. The zero-order chi connectivity index (χ0) is 16.6. The number of aryl methyl sites for hydroxylation is 1. The molecule has 1 aliphatic rings. The van der Waals surface area contributed by atoms with Crippen LogP contribution in [0.5, 0.6) is 0 Å². The van der Waals surface area contributed by atoms with Gasteiger partial charge in [0.1, 0.15) is 5.69 Å². The molecule has 0 bridgehead atoms. The number of carbonyl (C=O) groups is 3. The van der Waals surface area contributed by atoms with Crippen molar-refractivity contribution >= 4 is 23.3 Å². The van der Waals surface area contributed by atoms with E-state index in [4.69, 9.17) is 4.74 Å². The van der Waals surface area contributed by atoms with Gasteiger partial charge in [0.25, 0.3) is 0 Å². The van der Waals surface area contributed by atoms with Crippen LogP contribution in [0, 0.1) is 0 Å². The molecule has 2 heterocycles. The highest BCUT2D eigenvalue weighted by molar-refractivity contribution is 6.05. The average Bonchev–Trinajstić information content (AvgIpc) is 3.08. The number of esters is 1. The third-order valence-corrected chi connectivity index (χ3v) is 3.98. The molecule has 1 N–H and O–H groups in total. The Labute approximate surface area is 133 Å². The van der Waals surface area contributed by atoms with Crippen LogP contribution in [0.4, 0.5) is 5.69 Å². The Balaban J connectivity index is 1.69. The molecule has 0 fully saturated rings. The number of benzene rings is 1. The number of hydrogen-bond donors (Lipinski definition) is 1. The molecule has 1 amide bonds. The van der Waals surface area contributed by atoms with Crippen LogP contribution in [0.15, 0.2) is 36.5 Å². The Morgan fingerprint density at radius 1 is 1.30 bits per heavy atom. The summed E-state index contributed by atoms with van der Waals surface area (Å²) in [6, 6.07) is 8.35. The molecular formula is C17H16N2O4. The number of fused-ring (bicyclic) bond motifs is 1. The van der Waals surface area contributed by atoms with Gasteiger partial charge in [-0.1, -0.05) is 0 Å². The predicted octanol–water partition coefficient (Wildman–Crippen LogP) is 2.12. The van der Waals surface area contributed by atoms with Crippen molar-refractivity contribution in [1.29, 1.82) is 0 Å². The van der Waals surface area contributed by atoms with E-state index in [0.717, 1.165) is 11.3 Å². The van der Waals surface area contributed by atoms with Crippen molar-refractivity contribution in [2.75, 3.05) is 11.9 Å². The Morgan fingerprint density at radius 2 is 2.09 bits per heavy atom. The lowest BCUT2D eigenvalue weighted by molar-refractivity contribution is -0.116. The van der Waals surface area contributed by atoms with E-state index < -0.39 is 5.97 Å². The van der Waals surface area contributed by atoms with Crippen LogP contribution in [-0.4, -0.2) is 28.8 Å². The Hall–Kier alpha value is -2.89. The van der Waals surface area contributed by atoms with Crippen LogP contribution in [-0.2, 0) is 16.6 Å². The van der Waals surface area contributed by atoms with Gasteiger partial charge in [0.2, 0.25) is 5.91 Å². The maximum Gasteiger partial charge on any atom is 0.355 e. The monoisotopic (exact) mass is 312 g/mol. The van der Waals surface area contributed by atoms with Crippen LogP contribution >= 0.6 is 0 Å². The number of anilines is 1. The highest BCUT2D eigenvalue weighted by atomic mass is 16.5. The molecule has 0 spiro atoms. The fraction of sp³-hybridized carbons (Fsp3) is 0.235. The van der Waals surface area contributed by atoms with Crippen molar-refractivity contribution in [3.05, 3.63) is 53.3 Å². The molecule has 0 radical (unpaired) electrons. The summed E-state index contributed by atoms with van der Waals surface area (Å²) in [5.41, 5.74) is 2.32. The number of carbonyl (C=O) groups excluding carboxylic acids is 3. The van der Waals surface area contributed by atoms with Gasteiger partial charge in [-0.15, -0.1) is 0 Å². The van der Waals surface area contributed by atoms with E-state index in [0.29, 0.717) is 11.3 Å². The Kier molecular flexibility index (Phi) is 3.73. The van der Waals surface area contributed by atoms with E-state index in [1.807, 2.05) is 0 Å². The van der Waals surface area contributed by atoms with Crippen molar-refractivity contribution in [3.8, 4) is 0 Å². The third kappa shape index (κ3) is 2.75. The van der Waals surface area contributed by atoms with Crippen LogP contribution in [0.2, 0.25) is 0 Å². The molecule has 2 aromatic rings. The smallest absolute Gasteiger partial charge is 0.355 e. The molecule has 0 aliphatic carbocycles. The summed E-state index contributed by atoms with van der Waals surface area (Å²) < 4.78 is 6.69. The molecule has 0 saturated carbocycles. The summed E-state index contributed by atoms with van der Waals surface area (Å²) >= 11 is 0. The number of Topliss-reactive ketones (excluding diaryl/α,β-unsaturated/α-hetero) is 1. The maximum atomic E-state index is 12.2. The van der Waals surface area contributed by atoms with E-state index in [-0.39, 0.29) is 24.2 Å². The molecule has 1 aromatic heterocycles. The summed E-state index contributed by atoms with van der Waals surface area (Å²) in [6.07, 6.45) is 1.73. The molecule has 0 unspecified atom stereocenters. The fourth-order valence-electron chi connectivity index (χ4n) is 2.55. The topological polar surface area (TPSA) is 77.4 Å². The summed E-state index contributed by atoms with van der Waals surface area (Å²) in [5, 5.41) is 2.75. The summed E-state index contributed by atoms with van der Waals surface area (Å²) in [4.78, 5) is 35.7. The predicted molar refractivity (Wildman–Crippen MR) is 83.5 cm³/mol. The molecule has 1 aromatic carbocycles. The van der Waals surface area contributed by atoms with Gasteiger partial charge in [-0.3, -0.25) is 9.59 Å². The second-order valence-electron chi connectivity index (χ2n) is 5.52. The van der Waals surface area contributed by atoms with Crippen LogP contribution in [0.3, 0.4) is 0 Å². The second-order valence-corrected chi connectivity index (χ2v) is 5.52. The Morgan fingerprint density at radius 3 is 2.78 bits per heavy atom. The molecular weight excluding hydrogens is 296 g/mol. The first kappa shape index (κ1) is 15.0. The standard InChI is InChI=1S/C17H16N2O4/c1-10-12-8-11(5-6-13(12)18-16(10)21)15(20)9-23-17(22)14-4-3-7-19(14)2/h3-8,10H,9H2,1-2H3,(H,18,21)/t10-/m0/s1. The summed E-state index contributed by atoms with van der Waals surface area (Å²) in [7, 11) is 1.73. The minimum absolute atomic E-state index is 0.0836. The van der Waals surface area contributed by atoms with E-state index >= 15 is 0 Å². The normalized spacial score (nSPS) is 15.9. The first-order valence-corrected chi connectivity index (χ1v) is 7.24. The lowest BCUT2D eigenvalue weighted by Crippen LogP contribution is -2.16. The molecule has 6 heteroatoms. The Bertz CT molecular complexity index is 807. The molecule has 6 nitrogen and oxygen atoms in total. The molecule has 1 aliphatic heterocycles. The van der Waals surface area contributed by atoms with E-state index in [1.165, 1.54) is 0 Å². The minimum atomic E-state index is -0.544. The molecule has 0 saturated heterocycles. The first-order chi connectivity index (χ1) is 11.0. The largest absolute Gasteiger partial charge is 0.453 e. The lowest BCUT2D eigenvalue weighted by Gasteiger charge is -2.07. The zero-order valence-electron chi connectivity index (χ0n) is 12.8. The van der Waals surface area contributed by atoms with Crippen molar-refractivity contribution in [1.82, 2.24) is 4.57 Å². The molecule has 3 rings (SSSR count). The SMILES string of the molecule is C[C@@H]1C(=O)Nc2ccc(C(=O)COC(=O)c3cccn3C)cc21. The molecule has 118 valence electrons. The van der Waals surface area contributed by atoms with Crippen molar-refractivity contribution in [2.45, 2.75) is 12.8 Å². The van der Waals surface area contributed by atoms with Crippen molar-refractivity contribution in [3.63, 3.8) is 0 Å². The fourth-order valence-corrected chi connectivity index (χ4v) is 2.55. The lowest BCUT2D eigenvalue weighted by atomic mass is 9.99. The molecule has 1 atom stereocenters. The van der Waals surface area contributed by atoms with E-state index in [9.17, 15) is 14.4 Å². The van der Waals surface area contributed by atoms with Crippen molar-refractivity contribution in [2.24, 2.45) is 7.05 Å². The number of nitrogens with one attached hydrogen (secondary N) is 1. The number of ketones is 1. The summed E-state index contributed by atoms with van der Waals surface area (Å²) in [5.74, 6) is -1.22. The average molecular weight is 312 g/mol. The maximum absolute atomic E-state index is 12.2. The highest BCUT2D eigenvalue weighted by Crippen LogP contribution is 2.32. The molecule has 23 heavy (non-hydrogen) atoms. The number of amides is 1. The number of aromatic nitrogens is 1.